The predicted octanol–water partition coefficient (Wildman–Crippen LogP) is 10.8. The van der Waals surface area contributed by atoms with Gasteiger partial charge in [0.15, 0.2) is 0 Å². The van der Waals surface area contributed by atoms with Crippen LogP contribution in [0.5, 0.6) is 0 Å². The Bertz CT molecular complexity index is 2100. The van der Waals surface area contributed by atoms with E-state index in [2.05, 4.69) is 162 Å². The number of pyridine rings is 1. The average Bonchev–Trinajstić information content (AvgIpc) is 3.43. The fourth-order valence-corrected chi connectivity index (χ4v) is 6.09. The third-order valence-electron chi connectivity index (χ3n) is 8.20. The lowest BCUT2D eigenvalue weighted by Crippen LogP contribution is -1.94. The maximum Gasteiger partial charge on any atom is 0.0715 e. The molecule has 0 fully saturated rings. The van der Waals surface area contributed by atoms with Crippen LogP contribution < -0.4 is 0 Å². The molecular weight excluding hydrogens is 520 g/mol. The van der Waals surface area contributed by atoms with Crippen LogP contribution in [0, 0.1) is 0 Å². The van der Waals surface area contributed by atoms with E-state index in [1.54, 1.807) is 0 Å². The molecule has 2 heterocycles. The number of para-hydroxylation sites is 2. The molecule has 0 saturated heterocycles. The Morgan fingerprint density at radius 3 is 1.35 bits per heavy atom. The van der Waals surface area contributed by atoms with E-state index in [-0.39, 0.29) is 0 Å². The lowest BCUT2D eigenvalue weighted by atomic mass is 9.97. The molecule has 43 heavy (non-hydrogen) atoms. The number of fused-ring (bicyclic) bond motifs is 3. The summed E-state index contributed by atoms with van der Waals surface area (Å²) < 4.78 is 2.37. The minimum atomic E-state index is 0.972. The van der Waals surface area contributed by atoms with Gasteiger partial charge in [-0.15, -0.1) is 0 Å². The minimum Gasteiger partial charge on any atom is -0.309 e. The van der Waals surface area contributed by atoms with Crippen LogP contribution in [-0.4, -0.2) is 9.55 Å². The summed E-state index contributed by atoms with van der Waals surface area (Å²) in [6, 6.07) is 60.2. The summed E-state index contributed by atoms with van der Waals surface area (Å²) in [5, 5.41) is 2.55. The molecule has 0 N–H and O–H groups in total. The Balaban J connectivity index is 1.19. The summed E-state index contributed by atoms with van der Waals surface area (Å²) >= 11 is 0. The summed E-state index contributed by atoms with van der Waals surface area (Å²) in [7, 11) is 0. The van der Waals surface area contributed by atoms with Gasteiger partial charge >= 0.3 is 0 Å². The summed E-state index contributed by atoms with van der Waals surface area (Å²) in [6.45, 7) is 0. The van der Waals surface area contributed by atoms with E-state index >= 15 is 0 Å². The summed E-state index contributed by atoms with van der Waals surface area (Å²) in [5.41, 5.74) is 12.5. The first-order valence-electron chi connectivity index (χ1n) is 14.6. The van der Waals surface area contributed by atoms with Gasteiger partial charge in [-0.1, -0.05) is 133 Å². The van der Waals surface area contributed by atoms with Crippen molar-refractivity contribution in [3.05, 3.63) is 170 Å². The van der Waals surface area contributed by atoms with Crippen LogP contribution in [-0.2, 0) is 0 Å². The fourth-order valence-electron chi connectivity index (χ4n) is 6.09. The molecule has 0 radical (unpaired) electrons. The Hall–Kier alpha value is -5.73. The van der Waals surface area contributed by atoms with Crippen LogP contribution in [0.1, 0.15) is 0 Å². The highest BCUT2D eigenvalue weighted by atomic mass is 15.0. The zero-order valence-electron chi connectivity index (χ0n) is 23.6. The second-order valence-corrected chi connectivity index (χ2v) is 10.9. The molecule has 8 aromatic rings. The molecule has 0 aliphatic heterocycles. The van der Waals surface area contributed by atoms with Gasteiger partial charge in [-0.05, 0) is 58.7 Å². The van der Waals surface area contributed by atoms with Gasteiger partial charge in [-0.25, -0.2) is 4.98 Å². The Labute approximate surface area is 251 Å². The van der Waals surface area contributed by atoms with Gasteiger partial charge in [0.25, 0.3) is 0 Å². The molecule has 2 nitrogen and oxygen atoms in total. The van der Waals surface area contributed by atoms with Gasteiger partial charge in [-0.3, -0.25) is 0 Å². The maximum atomic E-state index is 5.04. The van der Waals surface area contributed by atoms with Gasteiger partial charge < -0.3 is 4.57 Å². The van der Waals surface area contributed by atoms with Crippen molar-refractivity contribution in [3.63, 3.8) is 0 Å². The van der Waals surface area contributed by atoms with E-state index in [4.69, 9.17) is 4.98 Å². The molecule has 0 bridgehead atoms. The second kappa shape index (κ2) is 10.6. The van der Waals surface area contributed by atoms with Crippen molar-refractivity contribution in [2.75, 3.05) is 0 Å². The highest BCUT2D eigenvalue weighted by Gasteiger charge is 2.13. The predicted molar refractivity (Wildman–Crippen MR) is 180 cm³/mol. The molecule has 8 rings (SSSR count). The Kier molecular flexibility index (Phi) is 6.16. The Morgan fingerprint density at radius 2 is 0.791 bits per heavy atom. The Morgan fingerprint density at radius 1 is 0.326 bits per heavy atom. The third-order valence-corrected chi connectivity index (χ3v) is 8.20. The van der Waals surface area contributed by atoms with E-state index in [0.717, 1.165) is 33.8 Å². The normalized spacial score (nSPS) is 11.3. The lowest BCUT2D eigenvalue weighted by molar-refractivity contribution is 1.18. The largest absolute Gasteiger partial charge is 0.309 e. The number of nitrogens with zero attached hydrogens (tertiary/aromatic N) is 2. The van der Waals surface area contributed by atoms with Crippen molar-refractivity contribution < 1.29 is 0 Å². The van der Waals surface area contributed by atoms with Crippen LogP contribution in [0.2, 0.25) is 0 Å². The van der Waals surface area contributed by atoms with Crippen LogP contribution >= 0.6 is 0 Å². The van der Waals surface area contributed by atoms with Gasteiger partial charge in [0.1, 0.15) is 0 Å². The van der Waals surface area contributed by atoms with E-state index in [1.165, 1.54) is 38.5 Å². The monoisotopic (exact) mass is 548 g/mol. The van der Waals surface area contributed by atoms with Gasteiger partial charge in [0, 0.05) is 27.6 Å². The van der Waals surface area contributed by atoms with Crippen molar-refractivity contribution in [1.29, 1.82) is 0 Å². The van der Waals surface area contributed by atoms with Crippen molar-refractivity contribution in [1.82, 2.24) is 9.55 Å². The van der Waals surface area contributed by atoms with Crippen LogP contribution in [0.3, 0.4) is 0 Å². The topological polar surface area (TPSA) is 17.8 Å². The van der Waals surface area contributed by atoms with E-state index < -0.39 is 0 Å². The number of benzene rings is 6. The maximum absolute atomic E-state index is 5.04. The zero-order valence-corrected chi connectivity index (χ0v) is 23.6. The van der Waals surface area contributed by atoms with Crippen molar-refractivity contribution in [2.24, 2.45) is 0 Å². The first kappa shape index (κ1) is 25.0. The van der Waals surface area contributed by atoms with E-state index in [9.17, 15) is 0 Å². The highest BCUT2D eigenvalue weighted by Crippen LogP contribution is 2.34. The number of aromatic nitrogens is 2. The summed E-state index contributed by atoms with van der Waals surface area (Å²) in [5.74, 6) is 0. The van der Waals surface area contributed by atoms with Crippen molar-refractivity contribution in [2.45, 2.75) is 0 Å². The van der Waals surface area contributed by atoms with Gasteiger partial charge in [-0.2, -0.15) is 0 Å². The number of hydrogen-bond acceptors (Lipinski definition) is 1. The highest BCUT2D eigenvalue weighted by molar-refractivity contribution is 6.09. The summed E-state index contributed by atoms with van der Waals surface area (Å²) in [4.78, 5) is 5.04. The SMILES string of the molecule is c1ccc(-c2cc(-c3ccc(-c4cccc(-n5c6ccccc6c6ccccc65)c4)cc3)cc(-c3ccccc3)n2)cc1. The molecule has 6 aromatic carbocycles. The van der Waals surface area contributed by atoms with Crippen LogP contribution in [0.4, 0.5) is 0 Å². The molecule has 0 aliphatic carbocycles. The lowest BCUT2D eigenvalue weighted by Gasteiger charge is -2.12. The smallest absolute Gasteiger partial charge is 0.0715 e. The van der Waals surface area contributed by atoms with E-state index in [1.807, 2.05) is 12.1 Å². The molecule has 0 spiro atoms. The molecule has 0 atom stereocenters. The number of hydrogen-bond donors (Lipinski definition) is 0. The first-order valence-corrected chi connectivity index (χ1v) is 14.6. The van der Waals surface area contributed by atoms with Crippen molar-refractivity contribution in [3.8, 4) is 50.5 Å². The molecule has 0 saturated carbocycles. The minimum absolute atomic E-state index is 0.972. The average molecular weight is 549 g/mol. The standard InChI is InChI=1S/C41H28N2/c1-3-12-31(13-4-1)38-27-34(28-39(42-38)32-14-5-2-6-15-32)30-24-22-29(23-25-30)33-16-11-17-35(26-33)43-40-20-9-7-18-36(40)37-19-8-10-21-41(37)43/h1-28H. The molecule has 2 aromatic heterocycles. The second-order valence-electron chi connectivity index (χ2n) is 10.9. The molecule has 0 amide bonds. The van der Waals surface area contributed by atoms with Crippen LogP contribution in [0.15, 0.2) is 170 Å². The first-order chi connectivity index (χ1) is 21.3. The molecule has 0 aliphatic rings. The quantitative estimate of drug-likeness (QED) is 0.209. The molecular formula is C41H28N2. The van der Waals surface area contributed by atoms with E-state index in [0.29, 0.717) is 0 Å². The van der Waals surface area contributed by atoms with Crippen LogP contribution in [0.25, 0.3) is 72.3 Å². The molecule has 202 valence electrons. The van der Waals surface area contributed by atoms with Gasteiger partial charge in [0.2, 0.25) is 0 Å². The fraction of sp³-hybridized carbons (Fsp3) is 0. The number of rotatable bonds is 5. The summed E-state index contributed by atoms with van der Waals surface area (Å²) in [6.07, 6.45) is 0. The van der Waals surface area contributed by atoms with Gasteiger partial charge in [0.05, 0.1) is 22.4 Å². The molecule has 0 unspecified atom stereocenters. The molecule has 2 heteroatoms. The van der Waals surface area contributed by atoms with Crippen molar-refractivity contribution >= 4 is 21.8 Å². The zero-order chi connectivity index (χ0) is 28.6. The third kappa shape index (κ3) is 4.60.